The Balaban J connectivity index is 1.38. The molecular weight excluding hydrogens is 410 g/mol. The quantitative estimate of drug-likeness (QED) is 0.370. The van der Waals surface area contributed by atoms with Gasteiger partial charge in [0.1, 0.15) is 11.4 Å². The zero-order chi connectivity index (χ0) is 21.3. The number of aromatic nitrogens is 4. The van der Waals surface area contributed by atoms with Gasteiger partial charge in [-0.15, -0.1) is 0 Å². The minimum atomic E-state index is 0.525. The Hall–Kier alpha value is -3.22. The maximum Gasteiger partial charge on any atom is 0.213 e. The van der Waals surface area contributed by atoms with E-state index in [1.807, 2.05) is 72.8 Å². The maximum atomic E-state index is 6.32. The lowest BCUT2D eigenvalue weighted by molar-refractivity contribution is 0.296. The van der Waals surface area contributed by atoms with Crippen LogP contribution >= 0.6 is 11.6 Å². The number of hydrogen-bond acceptors (Lipinski definition) is 5. The lowest BCUT2D eigenvalue weighted by Gasteiger charge is -2.06. The highest BCUT2D eigenvalue weighted by molar-refractivity contribution is 6.31. The average molecular weight is 434 g/mol. The van der Waals surface area contributed by atoms with Gasteiger partial charge in [-0.3, -0.25) is 0 Å². The molecule has 31 heavy (non-hydrogen) atoms. The molecule has 0 fully saturated rings. The van der Waals surface area contributed by atoms with Crippen LogP contribution in [-0.2, 0) is 13.1 Å². The van der Waals surface area contributed by atoms with Crippen molar-refractivity contribution in [3.63, 3.8) is 0 Å². The molecule has 0 radical (unpaired) electrons. The number of rotatable bonds is 10. The number of nitrogens with zero attached hydrogens (tertiary/aromatic N) is 4. The predicted octanol–water partition coefficient (Wildman–Crippen LogP) is 4.60. The molecule has 0 bridgehead atoms. The Morgan fingerprint density at radius 3 is 2.52 bits per heavy atom. The van der Waals surface area contributed by atoms with Crippen LogP contribution in [0.15, 0.2) is 79.0 Å². The van der Waals surface area contributed by atoms with Crippen molar-refractivity contribution in [2.45, 2.75) is 19.5 Å². The SMILES string of the molecule is Clc1ccccc1Cn1nc(CNCCCOc2ccccn2)c(-c2ccccc2)n1. The molecule has 0 atom stereocenters. The Bertz CT molecular complexity index is 1090. The molecule has 0 saturated heterocycles. The van der Waals surface area contributed by atoms with Crippen molar-refractivity contribution in [3.05, 3.63) is 95.3 Å². The third-order valence-electron chi connectivity index (χ3n) is 4.72. The van der Waals surface area contributed by atoms with Crippen LogP contribution in [0.1, 0.15) is 17.7 Å². The summed E-state index contributed by atoms with van der Waals surface area (Å²) in [5, 5.41) is 13.6. The topological polar surface area (TPSA) is 64.9 Å². The fourth-order valence-corrected chi connectivity index (χ4v) is 3.38. The summed E-state index contributed by atoms with van der Waals surface area (Å²) in [4.78, 5) is 5.87. The van der Waals surface area contributed by atoms with E-state index in [9.17, 15) is 0 Å². The normalized spacial score (nSPS) is 10.9. The van der Waals surface area contributed by atoms with Crippen LogP contribution in [0.4, 0.5) is 0 Å². The van der Waals surface area contributed by atoms with E-state index < -0.39 is 0 Å². The first-order valence-corrected chi connectivity index (χ1v) is 10.6. The lowest BCUT2D eigenvalue weighted by Crippen LogP contribution is -2.18. The van der Waals surface area contributed by atoms with Crippen molar-refractivity contribution in [1.29, 1.82) is 0 Å². The molecule has 2 heterocycles. The minimum Gasteiger partial charge on any atom is -0.478 e. The first kappa shape index (κ1) is 21.0. The van der Waals surface area contributed by atoms with E-state index in [-0.39, 0.29) is 0 Å². The maximum absolute atomic E-state index is 6.32. The van der Waals surface area contributed by atoms with Crippen molar-refractivity contribution >= 4 is 11.6 Å². The molecule has 4 rings (SSSR count). The largest absolute Gasteiger partial charge is 0.478 e. The van der Waals surface area contributed by atoms with E-state index in [2.05, 4.69) is 10.3 Å². The molecule has 0 aliphatic rings. The molecule has 6 nitrogen and oxygen atoms in total. The fraction of sp³-hybridized carbons (Fsp3) is 0.208. The van der Waals surface area contributed by atoms with Crippen LogP contribution in [0.2, 0.25) is 5.02 Å². The minimum absolute atomic E-state index is 0.525. The van der Waals surface area contributed by atoms with E-state index in [1.165, 1.54) is 0 Å². The predicted molar refractivity (Wildman–Crippen MR) is 122 cm³/mol. The molecule has 1 N–H and O–H groups in total. The molecule has 0 aliphatic carbocycles. The molecule has 0 saturated carbocycles. The van der Waals surface area contributed by atoms with Gasteiger partial charge in [-0.05, 0) is 30.7 Å². The second-order valence-corrected chi connectivity index (χ2v) is 7.44. The van der Waals surface area contributed by atoms with Gasteiger partial charge >= 0.3 is 0 Å². The molecule has 0 amide bonds. The van der Waals surface area contributed by atoms with Crippen molar-refractivity contribution in [3.8, 4) is 17.1 Å². The zero-order valence-electron chi connectivity index (χ0n) is 17.1. The number of halogens is 1. The average Bonchev–Trinajstić information content (AvgIpc) is 3.21. The van der Waals surface area contributed by atoms with Crippen LogP contribution < -0.4 is 10.1 Å². The first-order chi connectivity index (χ1) is 15.3. The van der Waals surface area contributed by atoms with Crippen LogP contribution in [0, 0.1) is 0 Å². The highest BCUT2D eigenvalue weighted by Crippen LogP contribution is 2.21. The molecule has 0 aliphatic heterocycles. The summed E-state index contributed by atoms with van der Waals surface area (Å²) in [5.74, 6) is 0.649. The van der Waals surface area contributed by atoms with Crippen molar-refractivity contribution in [2.75, 3.05) is 13.2 Å². The van der Waals surface area contributed by atoms with E-state index >= 15 is 0 Å². The van der Waals surface area contributed by atoms with Gasteiger partial charge < -0.3 is 10.1 Å². The third kappa shape index (κ3) is 5.90. The second kappa shape index (κ2) is 10.7. The highest BCUT2D eigenvalue weighted by Gasteiger charge is 2.13. The zero-order valence-corrected chi connectivity index (χ0v) is 17.9. The number of benzene rings is 2. The van der Waals surface area contributed by atoms with Crippen molar-refractivity contribution in [2.24, 2.45) is 0 Å². The van der Waals surface area contributed by atoms with E-state index in [4.69, 9.17) is 26.5 Å². The summed E-state index contributed by atoms with van der Waals surface area (Å²) in [5.41, 5.74) is 3.82. The number of nitrogens with one attached hydrogen (secondary N) is 1. The standard InChI is InChI=1S/C24H24ClN5O/c25-21-12-5-4-11-20(21)18-30-28-22(24(29-30)19-9-2-1-3-10-19)17-26-14-8-16-31-23-13-6-7-15-27-23/h1-7,9-13,15,26H,8,14,16-18H2. The number of hydrogen-bond donors (Lipinski definition) is 1. The summed E-state index contributed by atoms with van der Waals surface area (Å²) in [6.07, 6.45) is 2.59. The van der Waals surface area contributed by atoms with Gasteiger partial charge in [0.25, 0.3) is 0 Å². The van der Waals surface area contributed by atoms with Gasteiger partial charge in [0.05, 0.1) is 13.2 Å². The highest BCUT2D eigenvalue weighted by atomic mass is 35.5. The molecule has 158 valence electrons. The van der Waals surface area contributed by atoms with Gasteiger partial charge in [-0.2, -0.15) is 15.0 Å². The van der Waals surface area contributed by atoms with Crippen LogP contribution in [0.5, 0.6) is 5.88 Å². The second-order valence-electron chi connectivity index (χ2n) is 7.03. The van der Waals surface area contributed by atoms with Gasteiger partial charge in [0, 0.05) is 29.4 Å². The molecule has 0 unspecified atom stereocenters. The van der Waals surface area contributed by atoms with E-state index in [1.54, 1.807) is 11.0 Å². The third-order valence-corrected chi connectivity index (χ3v) is 5.09. The van der Waals surface area contributed by atoms with Gasteiger partial charge in [0.2, 0.25) is 5.88 Å². The number of pyridine rings is 1. The number of ether oxygens (including phenoxy) is 1. The summed E-state index contributed by atoms with van der Waals surface area (Å²) in [7, 11) is 0. The van der Waals surface area contributed by atoms with Crippen LogP contribution in [0.25, 0.3) is 11.3 Å². The summed E-state index contributed by atoms with van der Waals surface area (Å²) < 4.78 is 5.64. The Morgan fingerprint density at radius 1 is 0.903 bits per heavy atom. The molecule has 4 aromatic rings. The summed E-state index contributed by atoms with van der Waals surface area (Å²) in [6.45, 7) is 2.56. The van der Waals surface area contributed by atoms with E-state index in [0.29, 0.717) is 30.6 Å². The van der Waals surface area contributed by atoms with Gasteiger partial charge in [-0.25, -0.2) is 4.98 Å². The molecule has 0 spiro atoms. The lowest BCUT2D eigenvalue weighted by atomic mass is 10.1. The fourth-order valence-electron chi connectivity index (χ4n) is 3.18. The molecule has 2 aromatic heterocycles. The van der Waals surface area contributed by atoms with E-state index in [0.717, 1.165) is 35.5 Å². The Labute approximate surface area is 186 Å². The van der Waals surface area contributed by atoms with Gasteiger partial charge in [-0.1, -0.05) is 66.2 Å². The van der Waals surface area contributed by atoms with Crippen LogP contribution in [-0.4, -0.2) is 33.1 Å². The molecule has 2 aromatic carbocycles. The monoisotopic (exact) mass is 433 g/mol. The molecule has 7 heteroatoms. The van der Waals surface area contributed by atoms with Crippen molar-refractivity contribution in [1.82, 2.24) is 25.3 Å². The summed E-state index contributed by atoms with van der Waals surface area (Å²) >= 11 is 6.32. The first-order valence-electron chi connectivity index (χ1n) is 10.3. The Kier molecular flexibility index (Phi) is 7.26. The Morgan fingerprint density at radius 2 is 1.71 bits per heavy atom. The molecular formula is C24H24ClN5O. The van der Waals surface area contributed by atoms with Crippen molar-refractivity contribution < 1.29 is 4.74 Å². The smallest absolute Gasteiger partial charge is 0.213 e. The van der Waals surface area contributed by atoms with Crippen LogP contribution in [0.3, 0.4) is 0 Å². The summed E-state index contributed by atoms with van der Waals surface area (Å²) in [6, 6.07) is 23.5. The van der Waals surface area contributed by atoms with Gasteiger partial charge in [0.15, 0.2) is 0 Å².